The molecule has 1 saturated heterocycles. The number of carbonyl (C=O) groups is 1. The molecular weight excluding hydrogens is 216 g/mol. The summed E-state index contributed by atoms with van der Waals surface area (Å²) in [5, 5.41) is 3.39. The van der Waals surface area contributed by atoms with Crippen LogP contribution in [-0.2, 0) is 9.53 Å². The molecule has 1 aliphatic heterocycles. The normalized spacial score (nSPS) is 25.0. The second kappa shape index (κ2) is 6.36. The average Bonchev–Trinajstić information content (AvgIpc) is 3.14. The first-order valence-corrected chi connectivity index (χ1v) is 6.79. The summed E-state index contributed by atoms with van der Waals surface area (Å²) in [7, 11) is 1.74. The maximum Gasteiger partial charge on any atom is 0.223 e. The van der Waals surface area contributed by atoms with Crippen LogP contribution >= 0.6 is 0 Å². The number of carbonyl (C=O) groups excluding carboxylic acids is 1. The van der Waals surface area contributed by atoms with Crippen molar-refractivity contribution in [1.29, 1.82) is 0 Å². The van der Waals surface area contributed by atoms with E-state index >= 15 is 0 Å². The molecule has 4 nitrogen and oxygen atoms in total. The second-order valence-electron chi connectivity index (χ2n) is 5.28. The van der Waals surface area contributed by atoms with Gasteiger partial charge in [0.1, 0.15) is 0 Å². The molecule has 0 aromatic heterocycles. The lowest BCUT2D eigenvalue weighted by atomic mass is 9.99. The van der Waals surface area contributed by atoms with E-state index in [1.54, 1.807) is 7.11 Å². The largest absolute Gasteiger partial charge is 0.384 e. The summed E-state index contributed by atoms with van der Waals surface area (Å²) in [6.07, 6.45) is 5.53. The highest BCUT2D eigenvalue weighted by molar-refractivity contribution is 5.76. The Balaban J connectivity index is 1.65. The lowest BCUT2D eigenvalue weighted by Gasteiger charge is -2.32. The number of likely N-dealkylation sites (tertiary alicyclic amines) is 1. The fourth-order valence-electron chi connectivity index (χ4n) is 2.49. The summed E-state index contributed by atoms with van der Waals surface area (Å²) < 4.78 is 5.18. The summed E-state index contributed by atoms with van der Waals surface area (Å²) >= 11 is 0. The van der Waals surface area contributed by atoms with Crippen LogP contribution in [0.5, 0.6) is 0 Å². The van der Waals surface area contributed by atoms with Gasteiger partial charge in [-0.25, -0.2) is 0 Å². The molecule has 98 valence electrons. The van der Waals surface area contributed by atoms with Crippen LogP contribution in [0.25, 0.3) is 0 Å². The highest BCUT2D eigenvalue weighted by Crippen LogP contribution is 2.19. The summed E-state index contributed by atoms with van der Waals surface area (Å²) in [4.78, 5) is 14.0. The predicted molar refractivity (Wildman–Crippen MR) is 66.8 cm³/mol. The number of nitrogens with zero attached hydrogens (tertiary/aromatic N) is 1. The zero-order chi connectivity index (χ0) is 12.1. The van der Waals surface area contributed by atoms with E-state index in [0.717, 1.165) is 32.7 Å². The van der Waals surface area contributed by atoms with Crippen molar-refractivity contribution in [3.05, 3.63) is 0 Å². The van der Waals surface area contributed by atoms with Crippen LogP contribution in [0.2, 0.25) is 0 Å². The van der Waals surface area contributed by atoms with Crippen LogP contribution in [-0.4, -0.2) is 50.2 Å². The standard InChI is InChI=1S/C13H24N2O2/c1-17-10-11-3-2-8-15(9-11)13(16)6-7-14-12-4-5-12/h11-12,14H,2-10H2,1H3. The van der Waals surface area contributed by atoms with Crippen molar-refractivity contribution in [2.24, 2.45) is 5.92 Å². The minimum Gasteiger partial charge on any atom is -0.384 e. The Hall–Kier alpha value is -0.610. The number of piperidine rings is 1. The molecule has 0 aromatic carbocycles. The third kappa shape index (κ3) is 4.28. The number of nitrogens with one attached hydrogen (secondary N) is 1. The van der Waals surface area contributed by atoms with Crippen LogP contribution in [0.15, 0.2) is 0 Å². The molecule has 0 spiro atoms. The highest BCUT2D eigenvalue weighted by Gasteiger charge is 2.24. The Morgan fingerprint density at radius 2 is 2.24 bits per heavy atom. The number of methoxy groups -OCH3 is 1. The summed E-state index contributed by atoms with van der Waals surface area (Å²) in [6, 6.07) is 0.699. The van der Waals surface area contributed by atoms with Crippen LogP contribution < -0.4 is 5.32 Å². The van der Waals surface area contributed by atoms with Gasteiger partial charge in [-0.15, -0.1) is 0 Å². The van der Waals surface area contributed by atoms with Gasteiger partial charge in [0.2, 0.25) is 5.91 Å². The lowest BCUT2D eigenvalue weighted by Crippen LogP contribution is -2.42. The molecule has 1 heterocycles. The molecule has 1 aliphatic carbocycles. The van der Waals surface area contributed by atoms with Crippen LogP contribution in [0.4, 0.5) is 0 Å². The lowest BCUT2D eigenvalue weighted by molar-refractivity contribution is -0.133. The van der Waals surface area contributed by atoms with Gasteiger partial charge in [-0.1, -0.05) is 0 Å². The molecule has 0 aromatic rings. The summed E-state index contributed by atoms with van der Waals surface area (Å²) in [5.41, 5.74) is 0. The first-order valence-electron chi connectivity index (χ1n) is 6.79. The van der Waals surface area contributed by atoms with E-state index in [-0.39, 0.29) is 0 Å². The summed E-state index contributed by atoms with van der Waals surface area (Å²) in [6.45, 7) is 3.44. The monoisotopic (exact) mass is 240 g/mol. The number of hydrogen-bond donors (Lipinski definition) is 1. The van der Waals surface area contributed by atoms with Gasteiger partial charge in [0.15, 0.2) is 0 Å². The minimum atomic E-state index is 0.305. The maximum absolute atomic E-state index is 12.0. The third-order valence-electron chi connectivity index (χ3n) is 3.62. The Morgan fingerprint density at radius 3 is 2.94 bits per heavy atom. The Morgan fingerprint density at radius 1 is 1.41 bits per heavy atom. The molecule has 1 unspecified atom stereocenters. The number of ether oxygens (including phenoxy) is 1. The molecule has 0 radical (unpaired) electrons. The maximum atomic E-state index is 12.0. The van der Waals surface area contributed by atoms with Crippen molar-refractivity contribution in [3.63, 3.8) is 0 Å². The van der Waals surface area contributed by atoms with Crippen molar-refractivity contribution >= 4 is 5.91 Å². The van der Waals surface area contributed by atoms with E-state index in [0.29, 0.717) is 24.3 Å². The zero-order valence-electron chi connectivity index (χ0n) is 10.8. The van der Waals surface area contributed by atoms with Crippen LogP contribution in [0.1, 0.15) is 32.1 Å². The molecule has 0 bridgehead atoms. The van der Waals surface area contributed by atoms with E-state index in [1.165, 1.54) is 19.3 Å². The average molecular weight is 240 g/mol. The van der Waals surface area contributed by atoms with Crippen molar-refractivity contribution in [3.8, 4) is 0 Å². The third-order valence-corrected chi connectivity index (χ3v) is 3.62. The van der Waals surface area contributed by atoms with Crippen molar-refractivity contribution in [2.75, 3.05) is 33.4 Å². The van der Waals surface area contributed by atoms with Crippen molar-refractivity contribution < 1.29 is 9.53 Å². The fourth-order valence-corrected chi connectivity index (χ4v) is 2.49. The van der Waals surface area contributed by atoms with Gasteiger partial charge >= 0.3 is 0 Å². The first kappa shape index (κ1) is 12.8. The van der Waals surface area contributed by atoms with Gasteiger partial charge in [-0.2, -0.15) is 0 Å². The topological polar surface area (TPSA) is 41.6 Å². The van der Waals surface area contributed by atoms with Crippen LogP contribution in [0, 0.1) is 5.92 Å². The second-order valence-corrected chi connectivity index (χ2v) is 5.28. The minimum absolute atomic E-state index is 0.305. The SMILES string of the molecule is COCC1CCCN(C(=O)CCNC2CC2)C1. The molecule has 17 heavy (non-hydrogen) atoms. The smallest absolute Gasteiger partial charge is 0.223 e. The first-order chi connectivity index (χ1) is 8.29. The number of amides is 1. The molecular formula is C13H24N2O2. The fraction of sp³-hybridized carbons (Fsp3) is 0.923. The Kier molecular flexibility index (Phi) is 4.80. The van der Waals surface area contributed by atoms with Gasteiger partial charge in [0.25, 0.3) is 0 Å². The highest BCUT2D eigenvalue weighted by atomic mass is 16.5. The van der Waals surface area contributed by atoms with E-state index in [4.69, 9.17) is 4.74 Å². The molecule has 2 rings (SSSR count). The Labute approximate surface area is 104 Å². The van der Waals surface area contributed by atoms with Gasteiger partial charge < -0.3 is 15.0 Å². The van der Waals surface area contributed by atoms with Crippen molar-refractivity contribution in [1.82, 2.24) is 10.2 Å². The molecule has 2 fully saturated rings. The van der Waals surface area contributed by atoms with Crippen molar-refractivity contribution in [2.45, 2.75) is 38.1 Å². The molecule has 1 amide bonds. The number of rotatable bonds is 6. The van der Waals surface area contributed by atoms with Crippen LogP contribution in [0.3, 0.4) is 0 Å². The zero-order valence-corrected chi connectivity index (χ0v) is 10.8. The van der Waals surface area contributed by atoms with E-state index in [9.17, 15) is 4.79 Å². The van der Waals surface area contributed by atoms with E-state index in [2.05, 4.69) is 5.32 Å². The van der Waals surface area contributed by atoms with Gasteiger partial charge in [0, 0.05) is 39.2 Å². The molecule has 1 saturated carbocycles. The summed E-state index contributed by atoms with van der Waals surface area (Å²) in [5.74, 6) is 0.841. The van der Waals surface area contributed by atoms with Gasteiger partial charge in [-0.05, 0) is 31.6 Å². The quantitative estimate of drug-likeness (QED) is 0.753. The van der Waals surface area contributed by atoms with Gasteiger partial charge in [0.05, 0.1) is 6.61 Å². The molecule has 2 aliphatic rings. The molecule has 1 atom stereocenters. The Bertz CT molecular complexity index is 252. The molecule has 1 N–H and O–H groups in total. The predicted octanol–water partition coefficient (Wildman–Crippen LogP) is 1.01. The van der Waals surface area contributed by atoms with E-state index < -0.39 is 0 Å². The molecule has 4 heteroatoms. The van der Waals surface area contributed by atoms with E-state index in [1.807, 2.05) is 4.90 Å². The van der Waals surface area contributed by atoms with Gasteiger partial charge in [-0.3, -0.25) is 4.79 Å². The number of hydrogen-bond acceptors (Lipinski definition) is 3.